The van der Waals surface area contributed by atoms with Crippen LogP contribution in [0.25, 0.3) is 10.9 Å². The number of carbonyl (C=O) groups is 1. The first kappa shape index (κ1) is 16.8. The number of aromatic nitrogens is 1. The molecule has 0 saturated carbocycles. The van der Waals surface area contributed by atoms with E-state index in [9.17, 15) is 4.79 Å². The number of nitrogens with one attached hydrogen (secondary N) is 1. The van der Waals surface area contributed by atoms with E-state index in [4.69, 9.17) is 0 Å². The molecule has 2 heterocycles. The summed E-state index contributed by atoms with van der Waals surface area (Å²) in [6, 6.07) is 26.4. The molecule has 5 rings (SSSR count). The number of nitrogens with zero attached hydrogens (tertiary/aromatic N) is 1. The van der Waals surface area contributed by atoms with Gasteiger partial charge in [0, 0.05) is 28.7 Å². The second kappa shape index (κ2) is 6.68. The van der Waals surface area contributed by atoms with Gasteiger partial charge in [-0.05, 0) is 42.7 Å². The molecule has 1 aromatic heterocycles. The maximum absolute atomic E-state index is 13.4. The van der Waals surface area contributed by atoms with Gasteiger partial charge in [0.2, 0.25) is 0 Å². The monoisotopic (exact) mass is 366 g/mol. The van der Waals surface area contributed by atoms with Crippen molar-refractivity contribution in [2.75, 3.05) is 6.54 Å². The first-order chi connectivity index (χ1) is 13.7. The van der Waals surface area contributed by atoms with Gasteiger partial charge in [0.05, 0.1) is 6.04 Å². The Morgan fingerprint density at radius 2 is 1.64 bits per heavy atom. The Labute approximate surface area is 164 Å². The lowest BCUT2D eigenvalue weighted by molar-refractivity contribution is 0.0692. The number of hydrogen-bond donors (Lipinski definition) is 1. The van der Waals surface area contributed by atoms with E-state index in [1.807, 2.05) is 35.2 Å². The smallest absolute Gasteiger partial charge is 0.254 e. The van der Waals surface area contributed by atoms with Gasteiger partial charge in [0.1, 0.15) is 0 Å². The Morgan fingerprint density at radius 1 is 0.929 bits per heavy atom. The summed E-state index contributed by atoms with van der Waals surface area (Å²) in [5.74, 6) is 0.0791. The topological polar surface area (TPSA) is 36.1 Å². The first-order valence-corrected chi connectivity index (χ1v) is 9.74. The van der Waals surface area contributed by atoms with Gasteiger partial charge in [-0.3, -0.25) is 4.79 Å². The van der Waals surface area contributed by atoms with E-state index in [0.717, 1.165) is 28.8 Å². The summed E-state index contributed by atoms with van der Waals surface area (Å²) in [6.07, 6.45) is 0.861. The van der Waals surface area contributed by atoms with Crippen LogP contribution in [0.5, 0.6) is 0 Å². The summed E-state index contributed by atoms with van der Waals surface area (Å²) in [5.41, 5.74) is 6.71. The number of benzene rings is 3. The van der Waals surface area contributed by atoms with E-state index >= 15 is 0 Å². The second-order valence-corrected chi connectivity index (χ2v) is 7.49. The van der Waals surface area contributed by atoms with Crippen molar-refractivity contribution in [2.45, 2.75) is 19.4 Å². The van der Waals surface area contributed by atoms with Crippen LogP contribution in [0, 0.1) is 6.92 Å². The highest BCUT2D eigenvalue weighted by Crippen LogP contribution is 2.39. The van der Waals surface area contributed by atoms with E-state index in [2.05, 4.69) is 60.4 Å². The van der Waals surface area contributed by atoms with E-state index in [0.29, 0.717) is 6.54 Å². The fourth-order valence-corrected chi connectivity index (χ4v) is 4.30. The minimum Gasteiger partial charge on any atom is -0.356 e. The summed E-state index contributed by atoms with van der Waals surface area (Å²) in [4.78, 5) is 19.0. The van der Waals surface area contributed by atoms with Crippen LogP contribution >= 0.6 is 0 Å². The minimum absolute atomic E-state index is 0.0791. The standard InChI is InChI=1S/C25H22N2O/c1-17-11-13-18(14-12-17)24-23-21(20-9-5-6-10-22(20)26-23)15-16-27(24)25(28)19-7-3-2-4-8-19/h2-14,24,26H,15-16H2,1H3/t24-/m0/s1. The third-order valence-electron chi connectivity index (χ3n) is 5.71. The third kappa shape index (κ3) is 2.71. The van der Waals surface area contributed by atoms with Gasteiger partial charge in [0.25, 0.3) is 5.91 Å². The molecule has 28 heavy (non-hydrogen) atoms. The fraction of sp³-hybridized carbons (Fsp3) is 0.160. The molecule has 0 aliphatic carbocycles. The van der Waals surface area contributed by atoms with Crippen LogP contribution < -0.4 is 0 Å². The molecule has 1 amide bonds. The SMILES string of the molecule is Cc1ccc([C@H]2c3[nH]c4ccccc4c3CCN2C(=O)c2ccccc2)cc1. The molecule has 1 aliphatic heterocycles. The minimum atomic E-state index is -0.107. The zero-order chi connectivity index (χ0) is 19.1. The van der Waals surface area contributed by atoms with Gasteiger partial charge < -0.3 is 9.88 Å². The quantitative estimate of drug-likeness (QED) is 0.516. The number of carbonyl (C=O) groups excluding carboxylic acids is 1. The fourth-order valence-electron chi connectivity index (χ4n) is 4.30. The highest BCUT2D eigenvalue weighted by molar-refractivity contribution is 5.95. The summed E-state index contributed by atoms with van der Waals surface area (Å²) in [6.45, 7) is 2.80. The van der Waals surface area contributed by atoms with Gasteiger partial charge in [-0.2, -0.15) is 0 Å². The van der Waals surface area contributed by atoms with Crippen LogP contribution in [0.2, 0.25) is 0 Å². The van der Waals surface area contributed by atoms with Crippen molar-refractivity contribution in [3.63, 3.8) is 0 Å². The summed E-state index contributed by atoms with van der Waals surface area (Å²) < 4.78 is 0. The number of H-pyrrole nitrogens is 1. The lowest BCUT2D eigenvalue weighted by Gasteiger charge is -2.36. The first-order valence-electron chi connectivity index (χ1n) is 9.74. The highest BCUT2D eigenvalue weighted by Gasteiger charge is 2.34. The molecule has 138 valence electrons. The molecule has 3 nitrogen and oxygen atoms in total. The number of aryl methyl sites for hydroxylation is 1. The molecule has 0 spiro atoms. The average molecular weight is 366 g/mol. The molecular formula is C25H22N2O. The van der Waals surface area contributed by atoms with Gasteiger partial charge in [-0.15, -0.1) is 0 Å². The molecule has 4 aromatic rings. The van der Waals surface area contributed by atoms with Crippen LogP contribution in [-0.4, -0.2) is 22.3 Å². The number of hydrogen-bond acceptors (Lipinski definition) is 1. The normalized spacial score (nSPS) is 16.2. The molecule has 0 radical (unpaired) electrons. The predicted molar refractivity (Wildman–Crippen MR) is 113 cm³/mol. The Morgan fingerprint density at radius 3 is 2.43 bits per heavy atom. The Hall–Kier alpha value is -3.33. The van der Waals surface area contributed by atoms with Crippen molar-refractivity contribution in [1.82, 2.24) is 9.88 Å². The summed E-state index contributed by atoms with van der Waals surface area (Å²) in [5, 5.41) is 1.27. The third-order valence-corrected chi connectivity index (χ3v) is 5.71. The van der Waals surface area contributed by atoms with Gasteiger partial charge in [-0.25, -0.2) is 0 Å². The van der Waals surface area contributed by atoms with Crippen molar-refractivity contribution in [3.05, 3.63) is 107 Å². The van der Waals surface area contributed by atoms with Crippen LogP contribution in [0.15, 0.2) is 78.9 Å². The molecule has 0 fully saturated rings. The van der Waals surface area contributed by atoms with E-state index in [1.54, 1.807) is 0 Å². The summed E-state index contributed by atoms with van der Waals surface area (Å²) in [7, 11) is 0. The average Bonchev–Trinajstić information content (AvgIpc) is 3.13. The van der Waals surface area contributed by atoms with Crippen LogP contribution in [-0.2, 0) is 6.42 Å². The largest absolute Gasteiger partial charge is 0.356 e. The van der Waals surface area contributed by atoms with E-state index < -0.39 is 0 Å². The maximum Gasteiger partial charge on any atom is 0.254 e. The number of aromatic amines is 1. The lowest BCUT2D eigenvalue weighted by atomic mass is 9.91. The maximum atomic E-state index is 13.4. The second-order valence-electron chi connectivity index (χ2n) is 7.49. The lowest BCUT2D eigenvalue weighted by Crippen LogP contribution is -2.40. The molecule has 3 heteroatoms. The molecule has 1 aliphatic rings. The zero-order valence-corrected chi connectivity index (χ0v) is 15.9. The van der Waals surface area contributed by atoms with Crippen LogP contribution in [0.1, 0.15) is 38.8 Å². The van der Waals surface area contributed by atoms with Gasteiger partial charge >= 0.3 is 0 Å². The van der Waals surface area contributed by atoms with Crippen LogP contribution in [0.4, 0.5) is 0 Å². The van der Waals surface area contributed by atoms with Crippen molar-refractivity contribution in [3.8, 4) is 0 Å². The Balaban J connectivity index is 1.67. The van der Waals surface area contributed by atoms with Crippen LogP contribution in [0.3, 0.4) is 0 Å². The number of para-hydroxylation sites is 1. The number of rotatable bonds is 2. The molecule has 3 aromatic carbocycles. The molecular weight excluding hydrogens is 344 g/mol. The predicted octanol–water partition coefficient (Wildman–Crippen LogP) is 5.26. The molecule has 0 unspecified atom stereocenters. The van der Waals surface area contributed by atoms with Crippen molar-refractivity contribution in [2.24, 2.45) is 0 Å². The van der Waals surface area contributed by atoms with E-state index in [1.165, 1.54) is 16.5 Å². The summed E-state index contributed by atoms with van der Waals surface area (Å²) >= 11 is 0. The van der Waals surface area contributed by atoms with Crippen molar-refractivity contribution < 1.29 is 4.79 Å². The van der Waals surface area contributed by atoms with Crippen molar-refractivity contribution in [1.29, 1.82) is 0 Å². The number of fused-ring (bicyclic) bond motifs is 3. The Kier molecular flexibility index (Phi) is 4.01. The van der Waals surface area contributed by atoms with E-state index in [-0.39, 0.29) is 11.9 Å². The molecule has 1 N–H and O–H groups in total. The van der Waals surface area contributed by atoms with Gasteiger partial charge in [-0.1, -0.05) is 66.2 Å². The molecule has 1 atom stereocenters. The Bertz CT molecular complexity index is 1140. The molecule has 0 saturated heterocycles. The molecule has 0 bridgehead atoms. The van der Waals surface area contributed by atoms with Crippen molar-refractivity contribution >= 4 is 16.8 Å². The van der Waals surface area contributed by atoms with Gasteiger partial charge in [0.15, 0.2) is 0 Å². The highest BCUT2D eigenvalue weighted by atomic mass is 16.2. The number of amides is 1. The zero-order valence-electron chi connectivity index (χ0n) is 15.9.